The largest absolute Gasteiger partial charge is 0.372 e. The van der Waals surface area contributed by atoms with Crippen LogP contribution in [0.5, 0.6) is 0 Å². The van der Waals surface area contributed by atoms with Crippen LogP contribution in [0.3, 0.4) is 0 Å². The third-order valence-electron chi connectivity index (χ3n) is 4.01. The fourth-order valence-corrected chi connectivity index (χ4v) is 2.70. The molecular formula is C15H29N3O3. The van der Waals surface area contributed by atoms with Gasteiger partial charge in [0, 0.05) is 19.2 Å². The molecule has 0 bridgehead atoms. The van der Waals surface area contributed by atoms with Crippen molar-refractivity contribution in [3.63, 3.8) is 0 Å². The van der Waals surface area contributed by atoms with E-state index in [-0.39, 0.29) is 35.9 Å². The Hall–Kier alpha value is -1.14. The van der Waals surface area contributed by atoms with Crippen LogP contribution in [0, 0.1) is 5.92 Å². The fraction of sp³-hybridized carbons (Fsp3) is 0.867. The molecule has 0 aromatic heterocycles. The summed E-state index contributed by atoms with van der Waals surface area (Å²) in [6, 6.07) is 0.172. The highest BCUT2D eigenvalue weighted by Gasteiger charge is 2.34. The lowest BCUT2D eigenvalue weighted by molar-refractivity contribution is -0.131. The summed E-state index contributed by atoms with van der Waals surface area (Å²) in [6.07, 6.45) is 1.14. The molecule has 2 amide bonds. The van der Waals surface area contributed by atoms with Crippen LogP contribution in [0.2, 0.25) is 0 Å². The van der Waals surface area contributed by atoms with E-state index in [0.717, 1.165) is 12.8 Å². The van der Waals surface area contributed by atoms with Gasteiger partial charge in [-0.15, -0.1) is 0 Å². The van der Waals surface area contributed by atoms with E-state index < -0.39 is 6.10 Å². The number of hydrogen-bond acceptors (Lipinski definition) is 4. The Morgan fingerprint density at radius 2 is 1.52 bits per heavy atom. The van der Waals surface area contributed by atoms with E-state index in [4.69, 9.17) is 4.74 Å². The minimum atomic E-state index is -0.433. The van der Waals surface area contributed by atoms with E-state index in [2.05, 4.69) is 10.6 Å². The van der Waals surface area contributed by atoms with Crippen molar-refractivity contribution >= 4 is 11.8 Å². The summed E-state index contributed by atoms with van der Waals surface area (Å²) in [4.78, 5) is 25.9. The minimum Gasteiger partial charge on any atom is -0.372 e. The summed E-state index contributed by atoms with van der Waals surface area (Å²) < 4.78 is 4.97. The van der Waals surface area contributed by atoms with E-state index in [1.807, 2.05) is 32.8 Å². The number of ether oxygens (including phenoxy) is 1. The molecule has 21 heavy (non-hydrogen) atoms. The second-order valence-corrected chi connectivity index (χ2v) is 6.41. The van der Waals surface area contributed by atoms with Gasteiger partial charge in [0.2, 0.25) is 11.8 Å². The molecule has 6 heteroatoms. The molecule has 1 saturated carbocycles. The molecule has 1 aliphatic rings. The summed E-state index contributed by atoms with van der Waals surface area (Å²) >= 11 is 0. The third kappa shape index (κ3) is 4.97. The number of hydrogen-bond donors (Lipinski definition) is 2. The lowest BCUT2D eigenvalue weighted by atomic mass is 9.86. The topological polar surface area (TPSA) is 70.7 Å². The van der Waals surface area contributed by atoms with Crippen molar-refractivity contribution in [3.8, 4) is 0 Å². The first-order valence-corrected chi connectivity index (χ1v) is 7.56. The molecule has 0 spiro atoms. The van der Waals surface area contributed by atoms with Crippen LogP contribution in [-0.2, 0) is 14.3 Å². The number of carbonyl (C=O) groups is 2. The van der Waals surface area contributed by atoms with Crippen LogP contribution < -0.4 is 10.6 Å². The average Bonchev–Trinajstić information content (AvgIpc) is 2.33. The standard InChI is InChI=1S/C15H29N3O3/c1-9(2)13(18(4)5)15(20)17-12-7-11(8-12)16-14(19)10(3)21-6/h9-13H,7-8H2,1-6H3,(H,16,19)(H,17,20)/t10-,11?,12?,13+/m0/s1. The van der Waals surface area contributed by atoms with Gasteiger partial charge < -0.3 is 15.4 Å². The smallest absolute Gasteiger partial charge is 0.249 e. The second kappa shape index (κ2) is 7.75. The molecule has 0 saturated heterocycles. The number of carbonyl (C=O) groups excluding carboxylic acids is 2. The molecule has 0 aliphatic heterocycles. The van der Waals surface area contributed by atoms with Crippen molar-refractivity contribution < 1.29 is 14.3 Å². The lowest BCUT2D eigenvalue weighted by Gasteiger charge is -2.38. The van der Waals surface area contributed by atoms with Gasteiger partial charge in [0.05, 0.1) is 6.04 Å². The number of nitrogens with one attached hydrogen (secondary N) is 2. The van der Waals surface area contributed by atoms with Crippen molar-refractivity contribution in [2.45, 2.75) is 57.8 Å². The number of likely N-dealkylation sites (N-methyl/N-ethyl adjacent to an activating group) is 1. The predicted octanol–water partition coefficient (Wildman–Crippen LogP) is 0.371. The van der Waals surface area contributed by atoms with Crippen LogP contribution in [0.15, 0.2) is 0 Å². The maximum atomic E-state index is 12.3. The Kier molecular flexibility index (Phi) is 6.61. The minimum absolute atomic E-state index is 0.0648. The second-order valence-electron chi connectivity index (χ2n) is 6.41. The highest BCUT2D eigenvalue weighted by molar-refractivity contribution is 5.83. The molecule has 0 radical (unpaired) electrons. The lowest BCUT2D eigenvalue weighted by Crippen LogP contribution is -2.58. The van der Waals surface area contributed by atoms with E-state index in [1.165, 1.54) is 7.11 Å². The number of rotatable bonds is 7. The molecule has 0 aromatic rings. The predicted molar refractivity (Wildman–Crippen MR) is 81.9 cm³/mol. The third-order valence-corrected chi connectivity index (χ3v) is 4.01. The quantitative estimate of drug-likeness (QED) is 0.712. The highest BCUT2D eigenvalue weighted by atomic mass is 16.5. The average molecular weight is 299 g/mol. The van der Waals surface area contributed by atoms with Gasteiger partial charge >= 0.3 is 0 Å². The fourth-order valence-electron chi connectivity index (χ4n) is 2.70. The van der Waals surface area contributed by atoms with Gasteiger partial charge in [-0.3, -0.25) is 14.5 Å². The van der Waals surface area contributed by atoms with Gasteiger partial charge in [0.15, 0.2) is 0 Å². The maximum Gasteiger partial charge on any atom is 0.249 e. The van der Waals surface area contributed by atoms with Gasteiger partial charge in [-0.25, -0.2) is 0 Å². The van der Waals surface area contributed by atoms with Crippen LogP contribution >= 0.6 is 0 Å². The van der Waals surface area contributed by atoms with Crippen molar-refractivity contribution in [3.05, 3.63) is 0 Å². The molecule has 6 nitrogen and oxygen atoms in total. The normalized spacial score (nSPS) is 24.4. The Morgan fingerprint density at radius 3 is 1.90 bits per heavy atom. The number of nitrogens with zero attached hydrogens (tertiary/aromatic N) is 1. The van der Waals surface area contributed by atoms with Gasteiger partial charge in [0.1, 0.15) is 6.10 Å². The summed E-state index contributed by atoms with van der Waals surface area (Å²) in [5.41, 5.74) is 0. The van der Waals surface area contributed by atoms with E-state index in [0.29, 0.717) is 0 Å². The van der Waals surface area contributed by atoms with Gasteiger partial charge in [-0.05, 0) is 39.8 Å². The molecule has 0 heterocycles. The first-order valence-electron chi connectivity index (χ1n) is 7.56. The van der Waals surface area contributed by atoms with Gasteiger partial charge in [-0.2, -0.15) is 0 Å². The molecule has 0 aromatic carbocycles. The number of amides is 2. The zero-order valence-electron chi connectivity index (χ0n) is 14.0. The van der Waals surface area contributed by atoms with Crippen molar-refractivity contribution in [1.29, 1.82) is 0 Å². The monoisotopic (exact) mass is 299 g/mol. The summed E-state index contributed by atoms with van der Waals surface area (Å²) in [5, 5.41) is 5.98. The first kappa shape index (κ1) is 17.9. The van der Waals surface area contributed by atoms with Crippen LogP contribution in [0.25, 0.3) is 0 Å². The van der Waals surface area contributed by atoms with Crippen LogP contribution in [-0.4, -0.2) is 62.1 Å². The van der Waals surface area contributed by atoms with Crippen molar-refractivity contribution in [1.82, 2.24) is 15.5 Å². The molecule has 0 unspecified atom stereocenters. The Labute approximate surface area is 127 Å². The van der Waals surface area contributed by atoms with Gasteiger partial charge in [-0.1, -0.05) is 13.8 Å². The number of methoxy groups -OCH3 is 1. The summed E-state index contributed by atoms with van der Waals surface area (Å²) in [5.74, 6) is 0.230. The zero-order chi connectivity index (χ0) is 16.2. The Morgan fingerprint density at radius 1 is 1.05 bits per heavy atom. The molecule has 1 fully saturated rings. The molecule has 1 aliphatic carbocycles. The summed E-state index contributed by atoms with van der Waals surface area (Å²) in [6.45, 7) is 5.80. The van der Waals surface area contributed by atoms with Crippen LogP contribution in [0.4, 0.5) is 0 Å². The maximum absolute atomic E-state index is 12.3. The highest BCUT2D eigenvalue weighted by Crippen LogP contribution is 2.21. The zero-order valence-corrected chi connectivity index (χ0v) is 14.0. The summed E-state index contributed by atoms with van der Waals surface area (Å²) in [7, 11) is 5.35. The van der Waals surface area contributed by atoms with E-state index >= 15 is 0 Å². The molecule has 2 N–H and O–H groups in total. The van der Waals surface area contributed by atoms with E-state index in [9.17, 15) is 9.59 Å². The van der Waals surface area contributed by atoms with Crippen molar-refractivity contribution in [2.75, 3.05) is 21.2 Å². The molecular weight excluding hydrogens is 270 g/mol. The Bertz CT molecular complexity index is 357. The van der Waals surface area contributed by atoms with E-state index in [1.54, 1.807) is 6.92 Å². The Balaban J connectivity index is 2.34. The van der Waals surface area contributed by atoms with Gasteiger partial charge in [0.25, 0.3) is 0 Å². The first-order chi connectivity index (χ1) is 9.76. The molecule has 1 rings (SSSR count). The molecule has 2 atom stereocenters. The van der Waals surface area contributed by atoms with Crippen LogP contribution in [0.1, 0.15) is 33.6 Å². The van der Waals surface area contributed by atoms with Crippen molar-refractivity contribution in [2.24, 2.45) is 5.92 Å². The SMILES string of the molecule is CO[C@@H](C)C(=O)NC1CC(NC(=O)[C@@H](C(C)C)N(C)C)C1. The molecule has 122 valence electrons.